The maximum atomic E-state index is 9.09. The van der Waals surface area contributed by atoms with E-state index in [1.54, 1.807) is 0 Å². The number of nitrogens with one attached hydrogen (secondary N) is 1. The van der Waals surface area contributed by atoms with Crippen LogP contribution < -0.4 is 5.32 Å². The number of aliphatic hydroxyl groups is 1. The Bertz CT molecular complexity index is 262. The summed E-state index contributed by atoms with van der Waals surface area (Å²) in [6.45, 7) is 16.1. The quantitative estimate of drug-likeness (QED) is 0.603. The molecule has 21 heavy (non-hydrogen) atoms. The van der Waals surface area contributed by atoms with E-state index in [4.69, 9.17) is 5.11 Å². The van der Waals surface area contributed by atoms with Crippen molar-refractivity contribution in [3.63, 3.8) is 0 Å². The van der Waals surface area contributed by atoms with Gasteiger partial charge in [-0.25, -0.2) is 0 Å². The maximum absolute atomic E-state index is 9.09. The summed E-state index contributed by atoms with van der Waals surface area (Å²) >= 11 is 0. The van der Waals surface area contributed by atoms with Crippen LogP contribution >= 0.6 is 0 Å². The third kappa shape index (κ3) is 7.59. The standard InChI is InChI=1S/C17H37N3O/c1-4-7-17(3,15-18-8-5-2)16-20-10-6-9-19(11-12-20)13-14-21/h18,21H,4-16H2,1-3H3. The normalized spacial score (nSPS) is 21.1. The average molecular weight is 300 g/mol. The molecule has 1 fully saturated rings. The fourth-order valence-corrected chi connectivity index (χ4v) is 3.48. The van der Waals surface area contributed by atoms with Gasteiger partial charge in [0.2, 0.25) is 0 Å². The van der Waals surface area contributed by atoms with Crippen molar-refractivity contribution in [3.05, 3.63) is 0 Å². The van der Waals surface area contributed by atoms with Crippen molar-refractivity contribution < 1.29 is 5.11 Å². The lowest BCUT2D eigenvalue weighted by Gasteiger charge is -2.35. The smallest absolute Gasteiger partial charge is 0.0558 e. The van der Waals surface area contributed by atoms with E-state index in [0.717, 1.165) is 39.3 Å². The third-order valence-electron chi connectivity index (χ3n) is 4.53. The molecular weight excluding hydrogens is 262 g/mol. The van der Waals surface area contributed by atoms with Gasteiger partial charge in [0.25, 0.3) is 0 Å². The maximum Gasteiger partial charge on any atom is 0.0558 e. The van der Waals surface area contributed by atoms with Crippen LogP contribution in [0, 0.1) is 5.41 Å². The molecule has 4 heteroatoms. The topological polar surface area (TPSA) is 38.7 Å². The lowest BCUT2D eigenvalue weighted by atomic mass is 9.84. The summed E-state index contributed by atoms with van der Waals surface area (Å²) in [5, 5.41) is 12.7. The van der Waals surface area contributed by atoms with Gasteiger partial charge in [-0.15, -0.1) is 0 Å². The van der Waals surface area contributed by atoms with Crippen LogP contribution in [0.1, 0.15) is 46.5 Å². The summed E-state index contributed by atoms with van der Waals surface area (Å²) < 4.78 is 0. The summed E-state index contributed by atoms with van der Waals surface area (Å²) in [7, 11) is 0. The molecule has 1 atom stereocenters. The lowest BCUT2D eigenvalue weighted by molar-refractivity contribution is 0.148. The van der Waals surface area contributed by atoms with Gasteiger partial charge in [0.05, 0.1) is 6.61 Å². The predicted octanol–water partition coefficient (Wildman–Crippen LogP) is 1.79. The molecule has 0 aromatic carbocycles. The van der Waals surface area contributed by atoms with E-state index in [9.17, 15) is 0 Å². The van der Waals surface area contributed by atoms with Crippen LogP contribution in [-0.4, -0.2) is 73.9 Å². The zero-order valence-corrected chi connectivity index (χ0v) is 14.5. The average Bonchev–Trinajstić information content (AvgIpc) is 2.65. The Balaban J connectivity index is 2.45. The molecule has 0 radical (unpaired) electrons. The van der Waals surface area contributed by atoms with Gasteiger partial charge >= 0.3 is 0 Å². The van der Waals surface area contributed by atoms with Gasteiger partial charge in [-0.3, -0.25) is 4.90 Å². The summed E-state index contributed by atoms with van der Waals surface area (Å²) in [6.07, 6.45) is 4.99. The number of hydrogen-bond donors (Lipinski definition) is 2. The van der Waals surface area contributed by atoms with E-state index < -0.39 is 0 Å². The van der Waals surface area contributed by atoms with E-state index in [1.807, 2.05) is 0 Å². The molecule has 1 aliphatic rings. The Labute approximate surface area is 131 Å². The fraction of sp³-hybridized carbons (Fsp3) is 1.00. The van der Waals surface area contributed by atoms with E-state index in [1.165, 1.54) is 38.8 Å². The molecule has 2 N–H and O–H groups in total. The largest absolute Gasteiger partial charge is 0.395 e. The van der Waals surface area contributed by atoms with Gasteiger partial charge in [-0.2, -0.15) is 0 Å². The first-order valence-corrected chi connectivity index (χ1v) is 8.90. The molecular formula is C17H37N3O. The summed E-state index contributed by atoms with van der Waals surface area (Å²) in [5.41, 5.74) is 0.385. The van der Waals surface area contributed by atoms with Crippen LogP contribution in [0.3, 0.4) is 0 Å². The van der Waals surface area contributed by atoms with Gasteiger partial charge in [0, 0.05) is 32.7 Å². The van der Waals surface area contributed by atoms with Gasteiger partial charge in [-0.05, 0) is 44.3 Å². The van der Waals surface area contributed by atoms with E-state index in [0.29, 0.717) is 5.41 Å². The van der Waals surface area contributed by atoms with Crippen molar-refractivity contribution in [2.75, 3.05) is 59.0 Å². The summed E-state index contributed by atoms with van der Waals surface area (Å²) in [4.78, 5) is 5.03. The van der Waals surface area contributed by atoms with E-state index in [-0.39, 0.29) is 6.61 Å². The van der Waals surface area contributed by atoms with Gasteiger partial charge < -0.3 is 15.3 Å². The van der Waals surface area contributed by atoms with Crippen LogP contribution in [-0.2, 0) is 0 Å². The molecule has 1 aliphatic heterocycles. The first-order chi connectivity index (χ1) is 10.1. The van der Waals surface area contributed by atoms with Crippen LogP contribution in [0.15, 0.2) is 0 Å². The monoisotopic (exact) mass is 299 g/mol. The first-order valence-electron chi connectivity index (χ1n) is 8.90. The molecule has 4 nitrogen and oxygen atoms in total. The van der Waals surface area contributed by atoms with Gasteiger partial charge in [-0.1, -0.05) is 27.2 Å². The third-order valence-corrected chi connectivity index (χ3v) is 4.53. The van der Waals surface area contributed by atoms with Gasteiger partial charge in [0.1, 0.15) is 0 Å². The van der Waals surface area contributed by atoms with Crippen LogP contribution in [0.4, 0.5) is 0 Å². The highest BCUT2D eigenvalue weighted by Crippen LogP contribution is 2.24. The second kappa shape index (κ2) is 10.5. The Morgan fingerprint density at radius 3 is 2.43 bits per heavy atom. The highest BCUT2D eigenvalue weighted by atomic mass is 16.3. The number of aliphatic hydroxyl groups excluding tert-OH is 1. The minimum atomic E-state index is 0.286. The fourth-order valence-electron chi connectivity index (χ4n) is 3.48. The SMILES string of the molecule is CCCNCC(C)(CCC)CN1CCCN(CCO)CC1. The number of nitrogens with zero attached hydrogens (tertiary/aromatic N) is 2. The molecule has 0 saturated carbocycles. The van der Waals surface area contributed by atoms with Crippen molar-refractivity contribution in [2.24, 2.45) is 5.41 Å². The molecule has 0 spiro atoms. The van der Waals surface area contributed by atoms with Crippen LogP contribution in [0.25, 0.3) is 0 Å². The molecule has 0 bridgehead atoms. The predicted molar refractivity (Wildman–Crippen MR) is 90.8 cm³/mol. The van der Waals surface area contributed by atoms with Gasteiger partial charge in [0.15, 0.2) is 0 Å². The molecule has 1 rings (SSSR count). The minimum absolute atomic E-state index is 0.286. The minimum Gasteiger partial charge on any atom is -0.395 e. The van der Waals surface area contributed by atoms with Crippen molar-refractivity contribution in [2.45, 2.75) is 46.5 Å². The molecule has 126 valence electrons. The Morgan fingerprint density at radius 2 is 1.76 bits per heavy atom. The van der Waals surface area contributed by atoms with Crippen molar-refractivity contribution in [1.82, 2.24) is 15.1 Å². The molecule has 0 aliphatic carbocycles. The van der Waals surface area contributed by atoms with Crippen LogP contribution in [0.5, 0.6) is 0 Å². The molecule has 1 saturated heterocycles. The lowest BCUT2D eigenvalue weighted by Crippen LogP contribution is -2.44. The molecule has 0 aromatic heterocycles. The second-order valence-corrected chi connectivity index (χ2v) is 6.93. The highest BCUT2D eigenvalue weighted by Gasteiger charge is 2.27. The first kappa shape index (κ1) is 18.9. The molecule has 1 heterocycles. The summed E-state index contributed by atoms with van der Waals surface area (Å²) in [5.74, 6) is 0. The van der Waals surface area contributed by atoms with Crippen LogP contribution in [0.2, 0.25) is 0 Å². The van der Waals surface area contributed by atoms with E-state index >= 15 is 0 Å². The van der Waals surface area contributed by atoms with Crippen molar-refractivity contribution in [1.29, 1.82) is 0 Å². The highest BCUT2D eigenvalue weighted by molar-refractivity contribution is 4.82. The number of rotatable bonds is 10. The number of β-amino-alcohol motifs (C(OH)–C–C–N with tert-alkyl or cyclic N) is 1. The molecule has 0 aromatic rings. The Kier molecular flexibility index (Phi) is 9.49. The zero-order valence-electron chi connectivity index (χ0n) is 14.5. The van der Waals surface area contributed by atoms with Crippen molar-refractivity contribution in [3.8, 4) is 0 Å². The van der Waals surface area contributed by atoms with E-state index in [2.05, 4.69) is 35.9 Å². The van der Waals surface area contributed by atoms with Crippen molar-refractivity contribution >= 4 is 0 Å². The second-order valence-electron chi connectivity index (χ2n) is 6.93. The summed E-state index contributed by atoms with van der Waals surface area (Å²) in [6, 6.07) is 0. The Hall–Kier alpha value is -0.160. The number of hydrogen-bond acceptors (Lipinski definition) is 4. The molecule has 0 amide bonds. The zero-order chi connectivity index (χ0) is 15.6. The molecule has 1 unspecified atom stereocenters. The Morgan fingerprint density at radius 1 is 1.05 bits per heavy atom.